The Balaban J connectivity index is 0.000000640. The van der Waals surface area contributed by atoms with Gasteiger partial charge < -0.3 is 15.4 Å². The van der Waals surface area contributed by atoms with Crippen LogP contribution in [0.2, 0.25) is 0 Å². The number of hydrogen-bond donors (Lipinski definition) is 1. The SMILES string of the molecule is Cl.Cl.NC1CCOC2(C1)CN1CCC2CC1. The molecule has 4 aliphatic rings. The van der Waals surface area contributed by atoms with E-state index in [0.29, 0.717) is 6.04 Å². The number of ether oxygens (including phenoxy) is 1. The first-order valence-electron chi connectivity index (χ1n) is 5.90. The largest absolute Gasteiger partial charge is 0.373 e. The highest BCUT2D eigenvalue weighted by Gasteiger charge is 2.49. The highest BCUT2D eigenvalue weighted by Crippen LogP contribution is 2.42. The van der Waals surface area contributed by atoms with Crippen LogP contribution < -0.4 is 5.73 Å². The predicted molar refractivity (Wildman–Crippen MR) is 69.6 cm³/mol. The third-order valence-electron chi connectivity index (χ3n) is 4.31. The molecule has 0 amide bonds. The van der Waals surface area contributed by atoms with Gasteiger partial charge in [0.2, 0.25) is 0 Å². The average Bonchev–Trinajstić information content (AvgIpc) is 2.18. The van der Waals surface area contributed by atoms with Crippen LogP contribution >= 0.6 is 24.8 Å². The molecular weight excluding hydrogens is 247 g/mol. The molecule has 4 aliphatic heterocycles. The zero-order valence-electron chi connectivity index (χ0n) is 9.56. The third kappa shape index (κ3) is 2.34. The van der Waals surface area contributed by atoms with E-state index in [-0.39, 0.29) is 30.4 Å². The van der Waals surface area contributed by atoms with Crippen LogP contribution in [0.5, 0.6) is 0 Å². The minimum atomic E-state index is 0. The van der Waals surface area contributed by atoms with Crippen LogP contribution in [-0.2, 0) is 4.74 Å². The van der Waals surface area contributed by atoms with E-state index in [0.717, 1.165) is 31.9 Å². The van der Waals surface area contributed by atoms with Crippen LogP contribution in [0, 0.1) is 5.92 Å². The van der Waals surface area contributed by atoms with Crippen molar-refractivity contribution in [3.05, 3.63) is 0 Å². The van der Waals surface area contributed by atoms with E-state index in [1.807, 2.05) is 0 Å². The summed E-state index contributed by atoms with van der Waals surface area (Å²) in [6, 6.07) is 0.379. The Bertz CT molecular complexity index is 230. The lowest BCUT2D eigenvalue weighted by Crippen LogP contribution is -2.63. The van der Waals surface area contributed by atoms with Crippen molar-refractivity contribution in [2.75, 3.05) is 26.2 Å². The molecule has 0 aliphatic carbocycles. The molecule has 2 atom stereocenters. The van der Waals surface area contributed by atoms with Gasteiger partial charge in [0.05, 0.1) is 5.60 Å². The maximum Gasteiger partial charge on any atom is 0.0852 e. The van der Waals surface area contributed by atoms with Crippen molar-refractivity contribution in [3.8, 4) is 0 Å². The number of nitrogens with two attached hydrogens (primary N) is 1. The zero-order valence-corrected chi connectivity index (χ0v) is 11.2. The fraction of sp³-hybridized carbons (Fsp3) is 1.00. The average molecular weight is 269 g/mol. The van der Waals surface area contributed by atoms with Gasteiger partial charge in [0.15, 0.2) is 0 Å². The maximum absolute atomic E-state index is 6.09. The number of rotatable bonds is 0. The molecule has 0 radical (unpaired) electrons. The lowest BCUT2D eigenvalue weighted by molar-refractivity contribution is -0.177. The Hall–Kier alpha value is 0.460. The Morgan fingerprint density at radius 3 is 2.31 bits per heavy atom. The molecule has 16 heavy (non-hydrogen) atoms. The summed E-state index contributed by atoms with van der Waals surface area (Å²) >= 11 is 0. The Kier molecular flexibility index (Phi) is 4.90. The zero-order chi connectivity index (χ0) is 9.60. The van der Waals surface area contributed by atoms with Gasteiger partial charge >= 0.3 is 0 Å². The summed E-state index contributed by atoms with van der Waals surface area (Å²) in [5, 5.41) is 0. The van der Waals surface area contributed by atoms with Gasteiger partial charge in [0, 0.05) is 19.2 Å². The van der Waals surface area contributed by atoms with Gasteiger partial charge in [-0.15, -0.1) is 24.8 Å². The summed E-state index contributed by atoms with van der Waals surface area (Å²) in [6.07, 6.45) is 4.79. The fourth-order valence-electron chi connectivity index (χ4n) is 3.54. The first kappa shape index (κ1) is 14.5. The van der Waals surface area contributed by atoms with Crippen LogP contribution in [0.3, 0.4) is 0 Å². The summed E-state index contributed by atoms with van der Waals surface area (Å²) in [7, 11) is 0. The molecule has 2 unspecified atom stereocenters. The molecule has 2 N–H and O–H groups in total. The molecule has 3 nitrogen and oxygen atoms in total. The van der Waals surface area contributed by atoms with Crippen molar-refractivity contribution in [3.63, 3.8) is 0 Å². The number of halogens is 2. The van der Waals surface area contributed by atoms with Gasteiger partial charge in [-0.1, -0.05) is 0 Å². The minimum Gasteiger partial charge on any atom is -0.373 e. The van der Waals surface area contributed by atoms with E-state index in [4.69, 9.17) is 10.5 Å². The number of piperidine rings is 3. The van der Waals surface area contributed by atoms with Crippen molar-refractivity contribution >= 4 is 24.8 Å². The van der Waals surface area contributed by atoms with E-state index in [1.54, 1.807) is 0 Å². The molecule has 0 aromatic carbocycles. The Labute approximate surface area is 110 Å². The molecular formula is C11H22Cl2N2O. The maximum atomic E-state index is 6.09. The van der Waals surface area contributed by atoms with Crippen molar-refractivity contribution in [1.29, 1.82) is 0 Å². The second-order valence-electron chi connectivity index (χ2n) is 5.22. The monoisotopic (exact) mass is 268 g/mol. The quantitative estimate of drug-likeness (QED) is 0.723. The van der Waals surface area contributed by atoms with Gasteiger partial charge in [-0.3, -0.25) is 0 Å². The van der Waals surface area contributed by atoms with E-state index < -0.39 is 0 Å². The smallest absolute Gasteiger partial charge is 0.0852 e. The summed E-state index contributed by atoms with van der Waals surface area (Å²) in [4.78, 5) is 2.55. The van der Waals surface area contributed by atoms with E-state index in [9.17, 15) is 0 Å². The summed E-state index contributed by atoms with van der Waals surface area (Å²) in [6.45, 7) is 4.59. The molecule has 5 heteroatoms. The van der Waals surface area contributed by atoms with Crippen molar-refractivity contribution in [2.45, 2.75) is 37.3 Å². The normalized spacial score (nSPS) is 45.9. The third-order valence-corrected chi connectivity index (χ3v) is 4.31. The highest BCUT2D eigenvalue weighted by atomic mass is 35.5. The molecule has 0 aromatic rings. The molecule has 96 valence electrons. The lowest BCUT2D eigenvalue weighted by Gasteiger charge is -2.55. The minimum absolute atomic E-state index is 0. The molecule has 4 fully saturated rings. The standard InChI is InChI=1S/C11H20N2O.2ClH/c12-10-3-6-14-11(7-10)8-13-4-1-9(11)2-5-13;;/h9-10H,1-8,12H2;2*1H. The van der Waals surface area contributed by atoms with E-state index >= 15 is 0 Å². The van der Waals surface area contributed by atoms with E-state index in [2.05, 4.69) is 4.90 Å². The van der Waals surface area contributed by atoms with Crippen LogP contribution in [0.25, 0.3) is 0 Å². The van der Waals surface area contributed by atoms with Crippen molar-refractivity contribution in [2.24, 2.45) is 11.7 Å². The topological polar surface area (TPSA) is 38.5 Å². The Morgan fingerprint density at radius 2 is 1.81 bits per heavy atom. The molecule has 4 saturated heterocycles. The van der Waals surface area contributed by atoms with Gasteiger partial charge in [0.25, 0.3) is 0 Å². The van der Waals surface area contributed by atoms with Crippen molar-refractivity contribution in [1.82, 2.24) is 4.90 Å². The van der Waals surface area contributed by atoms with Crippen LogP contribution in [0.1, 0.15) is 25.7 Å². The predicted octanol–water partition coefficient (Wildman–Crippen LogP) is 1.43. The molecule has 0 saturated carbocycles. The number of nitrogens with zero attached hydrogens (tertiary/aromatic N) is 1. The van der Waals surface area contributed by atoms with Gasteiger partial charge in [-0.05, 0) is 44.7 Å². The van der Waals surface area contributed by atoms with Gasteiger partial charge in [-0.25, -0.2) is 0 Å². The van der Waals surface area contributed by atoms with E-state index in [1.165, 1.54) is 25.9 Å². The molecule has 1 spiro atoms. The second-order valence-corrected chi connectivity index (χ2v) is 5.22. The van der Waals surface area contributed by atoms with Crippen LogP contribution in [0.15, 0.2) is 0 Å². The van der Waals surface area contributed by atoms with Crippen molar-refractivity contribution < 1.29 is 4.74 Å². The second kappa shape index (κ2) is 5.40. The number of hydrogen-bond acceptors (Lipinski definition) is 3. The molecule has 2 bridgehead atoms. The number of fused-ring (bicyclic) bond motifs is 2. The Morgan fingerprint density at radius 1 is 1.12 bits per heavy atom. The summed E-state index contributed by atoms with van der Waals surface area (Å²) < 4.78 is 6.09. The first-order valence-corrected chi connectivity index (χ1v) is 5.90. The fourth-order valence-corrected chi connectivity index (χ4v) is 3.54. The first-order chi connectivity index (χ1) is 6.78. The van der Waals surface area contributed by atoms with Crippen LogP contribution in [-0.4, -0.2) is 42.8 Å². The van der Waals surface area contributed by atoms with Gasteiger partial charge in [-0.2, -0.15) is 0 Å². The molecule has 0 aromatic heterocycles. The van der Waals surface area contributed by atoms with Gasteiger partial charge in [0.1, 0.15) is 0 Å². The van der Waals surface area contributed by atoms with Crippen LogP contribution in [0.4, 0.5) is 0 Å². The molecule has 4 heterocycles. The molecule has 4 rings (SSSR count). The summed E-state index contributed by atoms with van der Waals surface area (Å²) in [5.74, 6) is 0.791. The summed E-state index contributed by atoms with van der Waals surface area (Å²) in [5.41, 5.74) is 6.22. The lowest BCUT2D eigenvalue weighted by atomic mass is 9.71. The highest BCUT2D eigenvalue weighted by molar-refractivity contribution is 5.85.